The van der Waals surface area contributed by atoms with E-state index in [9.17, 15) is 24.0 Å². The molecule has 0 aliphatic carbocycles. The monoisotopic (exact) mass is 742 g/mol. The number of aromatic nitrogens is 1. The zero-order valence-corrected chi connectivity index (χ0v) is 31.4. The Kier molecular flexibility index (Phi) is 13.8. The second-order valence-electron chi connectivity index (χ2n) is 14.5. The first-order valence-electron chi connectivity index (χ1n) is 19.6. The van der Waals surface area contributed by atoms with Gasteiger partial charge in [-0.05, 0) is 104 Å². The van der Waals surface area contributed by atoms with Crippen molar-refractivity contribution in [3.8, 4) is 11.8 Å². The van der Waals surface area contributed by atoms with Gasteiger partial charge in [-0.2, -0.15) is 0 Å². The number of imide groups is 1. The van der Waals surface area contributed by atoms with Gasteiger partial charge in [0, 0.05) is 86.4 Å². The Morgan fingerprint density at radius 2 is 1.73 bits per heavy atom. The molecule has 3 aliphatic heterocycles. The summed E-state index contributed by atoms with van der Waals surface area (Å²) in [5.74, 6) is 6.22. The number of benzene rings is 2. The second kappa shape index (κ2) is 19.5. The fourth-order valence-electron chi connectivity index (χ4n) is 7.42. The van der Waals surface area contributed by atoms with Crippen LogP contribution in [0.25, 0.3) is 6.08 Å². The van der Waals surface area contributed by atoms with Crippen molar-refractivity contribution in [2.24, 2.45) is 5.92 Å². The molecule has 2 fully saturated rings. The number of pyridine rings is 1. The Labute approximate surface area is 323 Å². The highest BCUT2D eigenvalue weighted by atomic mass is 16.2. The predicted molar refractivity (Wildman–Crippen MR) is 212 cm³/mol. The number of amides is 5. The van der Waals surface area contributed by atoms with Crippen LogP contribution in [0, 0.1) is 17.8 Å². The van der Waals surface area contributed by atoms with Crippen LogP contribution in [0.4, 0.5) is 5.69 Å². The zero-order valence-electron chi connectivity index (χ0n) is 31.4. The molecule has 3 aromatic rings. The lowest BCUT2D eigenvalue weighted by atomic mass is 9.91. The molecule has 2 saturated heterocycles. The summed E-state index contributed by atoms with van der Waals surface area (Å²) in [4.78, 5) is 69.8. The van der Waals surface area contributed by atoms with Gasteiger partial charge in [0.15, 0.2) is 0 Å². The zero-order chi connectivity index (χ0) is 38.4. The Morgan fingerprint density at radius 3 is 2.51 bits per heavy atom. The summed E-state index contributed by atoms with van der Waals surface area (Å²) in [6.45, 7) is 3.37. The number of anilines is 1. The third-order valence-electron chi connectivity index (χ3n) is 10.6. The number of fused-ring (bicyclic) bond motifs is 1. The second-order valence-corrected chi connectivity index (χ2v) is 14.5. The van der Waals surface area contributed by atoms with Crippen molar-refractivity contribution >= 4 is 41.3 Å². The van der Waals surface area contributed by atoms with Gasteiger partial charge in [0.2, 0.25) is 17.7 Å². The van der Waals surface area contributed by atoms with E-state index in [-0.39, 0.29) is 30.0 Å². The van der Waals surface area contributed by atoms with E-state index < -0.39 is 11.9 Å². The number of likely N-dealkylation sites (tertiary alicyclic amines) is 1. The van der Waals surface area contributed by atoms with Crippen LogP contribution in [0.3, 0.4) is 0 Å². The number of rotatable bonds is 15. The molecule has 11 heteroatoms. The first kappa shape index (κ1) is 38.9. The van der Waals surface area contributed by atoms with Crippen molar-refractivity contribution in [2.45, 2.75) is 83.2 Å². The summed E-state index contributed by atoms with van der Waals surface area (Å²) in [6, 6.07) is 16.4. The molecular weight excluding hydrogens is 693 g/mol. The average molecular weight is 743 g/mol. The van der Waals surface area contributed by atoms with Crippen molar-refractivity contribution < 1.29 is 24.0 Å². The van der Waals surface area contributed by atoms with Crippen LogP contribution < -0.4 is 16.0 Å². The molecule has 11 nitrogen and oxygen atoms in total. The Hall–Kier alpha value is -5.76. The van der Waals surface area contributed by atoms with Crippen LogP contribution >= 0.6 is 0 Å². The number of piperidine rings is 2. The number of nitrogens with one attached hydrogen (secondary N) is 3. The lowest BCUT2D eigenvalue weighted by Gasteiger charge is -2.32. The SMILES string of the molecule is O=C(/C=C/c1cccnc1)NCCCCC1CCN(C(=O)c2ccc(NCCCCCC#Cc3cccc4c3CN(C3CCC(=O)NC3=O)C4=O)cc2)CC1. The molecule has 4 heterocycles. The molecule has 0 saturated carbocycles. The minimum absolute atomic E-state index is 0.0897. The van der Waals surface area contributed by atoms with Gasteiger partial charge in [-0.1, -0.05) is 43.2 Å². The highest BCUT2D eigenvalue weighted by Gasteiger charge is 2.39. The number of carbonyl (C=O) groups is 5. The van der Waals surface area contributed by atoms with E-state index in [1.165, 1.54) is 0 Å². The third kappa shape index (κ3) is 10.9. The number of hydrogen-bond donors (Lipinski definition) is 3. The maximum atomic E-state index is 13.2. The molecule has 0 radical (unpaired) electrons. The molecule has 0 bridgehead atoms. The topological polar surface area (TPSA) is 141 Å². The van der Waals surface area contributed by atoms with Crippen LogP contribution in [0.15, 0.2) is 73.1 Å². The van der Waals surface area contributed by atoms with E-state index in [0.29, 0.717) is 36.6 Å². The van der Waals surface area contributed by atoms with Gasteiger partial charge in [0.25, 0.3) is 11.8 Å². The highest BCUT2D eigenvalue weighted by Crippen LogP contribution is 2.30. The smallest absolute Gasteiger partial charge is 0.255 e. The van der Waals surface area contributed by atoms with Crippen molar-refractivity contribution in [3.05, 3.63) is 101 Å². The average Bonchev–Trinajstić information content (AvgIpc) is 3.54. The summed E-state index contributed by atoms with van der Waals surface area (Å²) < 4.78 is 0. The van der Waals surface area contributed by atoms with E-state index in [1.54, 1.807) is 35.5 Å². The molecule has 286 valence electrons. The van der Waals surface area contributed by atoms with Crippen molar-refractivity contribution in [3.63, 3.8) is 0 Å². The van der Waals surface area contributed by atoms with Gasteiger partial charge in [-0.25, -0.2) is 0 Å². The summed E-state index contributed by atoms with van der Waals surface area (Å²) in [5.41, 5.74) is 4.85. The van der Waals surface area contributed by atoms with E-state index in [1.807, 2.05) is 53.4 Å². The van der Waals surface area contributed by atoms with Crippen LogP contribution in [0.5, 0.6) is 0 Å². The molecule has 0 spiro atoms. The largest absolute Gasteiger partial charge is 0.385 e. The fraction of sp³-hybridized carbons (Fsp3) is 0.409. The summed E-state index contributed by atoms with van der Waals surface area (Å²) in [6.07, 6.45) is 16.2. The van der Waals surface area contributed by atoms with Gasteiger partial charge in [0.05, 0.1) is 0 Å². The third-order valence-corrected chi connectivity index (χ3v) is 10.6. The lowest BCUT2D eigenvalue weighted by molar-refractivity contribution is -0.137. The Balaban J connectivity index is 0.822. The maximum absolute atomic E-state index is 13.2. The quantitative estimate of drug-likeness (QED) is 0.0784. The molecule has 3 aliphatic rings. The minimum atomic E-state index is -0.634. The van der Waals surface area contributed by atoms with Gasteiger partial charge in [-0.3, -0.25) is 34.3 Å². The number of unbranched alkanes of at least 4 members (excludes halogenated alkanes) is 4. The molecule has 1 aromatic heterocycles. The van der Waals surface area contributed by atoms with Crippen molar-refractivity contribution in [1.82, 2.24) is 25.4 Å². The number of hydrogen-bond acceptors (Lipinski definition) is 7. The molecule has 3 N–H and O–H groups in total. The normalized spacial score (nSPS) is 17.1. The van der Waals surface area contributed by atoms with Crippen LogP contribution in [-0.2, 0) is 20.9 Å². The Morgan fingerprint density at radius 1 is 0.909 bits per heavy atom. The summed E-state index contributed by atoms with van der Waals surface area (Å²) in [5, 5.41) is 8.75. The standard InChI is InChI=1S/C44H50N6O5/c51-40(21-15-33-11-9-25-45-30-33)47-27-7-5-10-32-23-28-49(29-24-32)43(54)35-16-18-36(19-17-35)46-26-6-3-1-2-4-12-34-13-8-14-37-38(34)31-50(44(37)55)39-20-22-41(52)48-42(39)53/h8-9,11,13-19,21,25,30,32,39,46H,1-3,5-7,10,20,22-24,26-29,31H2,(H,47,51)(H,48,52,53)/b21-15+. The van der Waals surface area contributed by atoms with Gasteiger partial charge >= 0.3 is 0 Å². The maximum Gasteiger partial charge on any atom is 0.255 e. The molecule has 6 rings (SSSR count). The fourth-order valence-corrected chi connectivity index (χ4v) is 7.42. The number of nitrogens with zero attached hydrogens (tertiary/aromatic N) is 3. The van der Waals surface area contributed by atoms with Crippen molar-refractivity contribution in [2.75, 3.05) is 31.5 Å². The van der Waals surface area contributed by atoms with E-state index in [2.05, 4.69) is 32.8 Å². The van der Waals surface area contributed by atoms with E-state index in [0.717, 1.165) is 99.8 Å². The molecule has 2 aromatic carbocycles. The molecule has 5 amide bonds. The summed E-state index contributed by atoms with van der Waals surface area (Å²) >= 11 is 0. The molecular formula is C44H50N6O5. The first-order valence-corrected chi connectivity index (χ1v) is 19.6. The van der Waals surface area contributed by atoms with Gasteiger partial charge < -0.3 is 20.4 Å². The minimum Gasteiger partial charge on any atom is -0.385 e. The van der Waals surface area contributed by atoms with Crippen LogP contribution in [0.1, 0.15) is 108 Å². The highest BCUT2D eigenvalue weighted by molar-refractivity contribution is 6.05. The molecule has 1 unspecified atom stereocenters. The van der Waals surface area contributed by atoms with Gasteiger partial charge in [0.1, 0.15) is 6.04 Å². The van der Waals surface area contributed by atoms with E-state index >= 15 is 0 Å². The molecule has 1 atom stereocenters. The van der Waals surface area contributed by atoms with Gasteiger partial charge in [-0.15, -0.1) is 0 Å². The number of carbonyl (C=O) groups excluding carboxylic acids is 5. The summed E-state index contributed by atoms with van der Waals surface area (Å²) in [7, 11) is 0. The van der Waals surface area contributed by atoms with Crippen LogP contribution in [0.2, 0.25) is 0 Å². The Bertz CT molecular complexity index is 1930. The van der Waals surface area contributed by atoms with E-state index in [4.69, 9.17) is 0 Å². The van der Waals surface area contributed by atoms with Crippen molar-refractivity contribution in [1.29, 1.82) is 0 Å². The molecule has 55 heavy (non-hydrogen) atoms. The predicted octanol–water partition coefficient (Wildman–Crippen LogP) is 5.72. The lowest BCUT2D eigenvalue weighted by Crippen LogP contribution is -2.52. The first-order chi connectivity index (χ1) is 26.9. The van der Waals surface area contributed by atoms with Crippen LogP contribution in [-0.4, -0.2) is 76.5 Å².